The molecule has 0 atom stereocenters. The standard InChI is InChI=1S/C13H20N2O4/c1-9-11(17-3)6-5-10(13(9)18-4)7-19-8-12(16)15-14-2/h5-6,14H,7-8H2,1-4H3,(H,15,16). The van der Waals surface area contributed by atoms with Crippen LogP contribution < -0.4 is 20.3 Å². The van der Waals surface area contributed by atoms with Crippen molar-refractivity contribution in [3.8, 4) is 11.5 Å². The number of nitrogens with one attached hydrogen (secondary N) is 2. The van der Waals surface area contributed by atoms with Crippen molar-refractivity contribution >= 4 is 5.91 Å². The molecule has 106 valence electrons. The fourth-order valence-corrected chi connectivity index (χ4v) is 1.78. The van der Waals surface area contributed by atoms with E-state index >= 15 is 0 Å². The van der Waals surface area contributed by atoms with E-state index in [9.17, 15) is 4.79 Å². The lowest BCUT2D eigenvalue weighted by molar-refractivity contribution is -0.126. The Morgan fingerprint density at radius 1 is 1.26 bits per heavy atom. The highest BCUT2D eigenvalue weighted by molar-refractivity contribution is 5.76. The SMILES string of the molecule is CNNC(=O)COCc1ccc(OC)c(C)c1OC. The van der Waals surface area contributed by atoms with Gasteiger partial charge in [0.2, 0.25) is 0 Å². The van der Waals surface area contributed by atoms with Crippen LogP contribution in [0.4, 0.5) is 0 Å². The first-order chi connectivity index (χ1) is 9.13. The molecule has 0 spiro atoms. The van der Waals surface area contributed by atoms with E-state index in [0.29, 0.717) is 12.4 Å². The van der Waals surface area contributed by atoms with E-state index in [4.69, 9.17) is 14.2 Å². The Bertz CT molecular complexity index is 435. The fraction of sp³-hybridized carbons (Fsp3) is 0.462. The summed E-state index contributed by atoms with van der Waals surface area (Å²) in [5.41, 5.74) is 6.75. The predicted octanol–water partition coefficient (Wildman–Crippen LogP) is 0.779. The topological polar surface area (TPSA) is 68.8 Å². The molecule has 0 radical (unpaired) electrons. The lowest BCUT2D eigenvalue weighted by Gasteiger charge is -2.14. The summed E-state index contributed by atoms with van der Waals surface area (Å²) in [5, 5.41) is 0. The Balaban J connectivity index is 2.68. The van der Waals surface area contributed by atoms with Crippen molar-refractivity contribution in [2.24, 2.45) is 0 Å². The second-order valence-corrected chi connectivity index (χ2v) is 3.88. The average molecular weight is 268 g/mol. The number of ether oxygens (including phenoxy) is 3. The van der Waals surface area contributed by atoms with Crippen molar-refractivity contribution in [2.45, 2.75) is 13.5 Å². The van der Waals surface area contributed by atoms with Crippen LogP contribution in [-0.2, 0) is 16.1 Å². The van der Waals surface area contributed by atoms with E-state index in [2.05, 4.69) is 10.9 Å². The molecule has 1 aromatic rings. The smallest absolute Gasteiger partial charge is 0.260 e. The molecule has 0 fully saturated rings. The quantitative estimate of drug-likeness (QED) is 0.715. The van der Waals surface area contributed by atoms with Crippen molar-refractivity contribution < 1.29 is 19.0 Å². The molecule has 1 rings (SSSR count). The second-order valence-electron chi connectivity index (χ2n) is 3.88. The molecule has 0 unspecified atom stereocenters. The molecule has 0 saturated heterocycles. The molecule has 2 N–H and O–H groups in total. The number of hydrogen-bond acceptors (Lipinski definition) is 5. The Morgan fingerprint density at radius 3 is 2.58 bits per heavy atom. The maximum absolute atomic E-state index is 11.2. The number of hydrogen-bond donors (Lipinski definition) is 2. The normalized spacial score (nSPS) is 10.1. The molecule has 0 aromatic heterocycles. The highest BCUT2D eigenvalue weighted by Gasteiger charge is 2.11. The zero-order valence-electron chi connectivity index (χ0n) is 11.7. The lowest BCUT2D eigenvalue weighted by atomic mass is 10.1. The van der Waals surface area contributed by atoms with Crippen molar-refractivity contribution in [1.82, 2.24) is 10.9 Å². The summed E-state index contributed by atoms with van der Waals surface area (Å²) in [6.07, 6.45) is 0. The minimum atomic E-state index is -0.230. The summed E-state index contributed by atoms with van der Waals surface area (Å²) in [6, 6.07) is 3.71. The van der Waals surface area contributed by atoms with Gasteiger partial charge in [-0.1, -0.05) is 0 Å². The number of hydrazine groups is 1. The third-order valence-corrected chi connectivity index (χ3v) is 2.62. The van der Waals surface area contributed by atoms with Gasteiger partial charge in [0.15, 0.2) is 0 Å². The number of benzene rings is 1. The van der Waals surface area contributed by atoms with Gasteiger partial charge in [-0.2, -0.15) is 0 Å². The third-order valence-electron chi connectivity index (χ3n) is 2.62. The van der Waals surface area contributed by atoms with Gasteiger partial charge in [-0.15, -0.1) is 0 Å². The minimum Gasteiger partial charge on any atom is -0.496 e. The van der Waals surface area contributed by atoms with Gasteiger partial charge >= 0.3 is 0 Å². The molecule has 0 aliphatic rings. The molecule has 0 aliphatic heterocycles. The van der Waals surface area contributed by atoms with Crippen molar-refractivity contribution in [3.63, 3.8) is 0 Å². The van der Waals surface area contributed by atoms with Crippen LogP contribution in [0.15, 0.2) is 12.1 Å². The molecule has 0 aliphatic carbocycles. The first-order valence-corrected chi connectivity index (χ1v) is 5.87. The van der Waals surface area contributed by atoms with E-state index in [1.54, 1.807) is 21.3 Å². The van der Waals surface area contributed by atoms with Crippen LogP contribution in [-0.4, -0.2) is 33.8 Å². The molecule has 0 bridgehead atoms. The molecule has 1 amide bonds. The van der Waals surface area contributed by atoms with Gasteiger partial charge in [0, 0.05) is 18.2 Å². The maximum atomic E-state index is 11.2. The molecular weight excluding hydrogens is 248 g/mol. The number of amides is 1. The summed E-state index contributed by atoms with van der Waals surface area (Å²) in [5.74, 6) is 1.24. The molecule has 1 aromatic carbocycles. The Morgan fingerprint density at radius 2 is 2.00 bits per heavy atom. The van der Waals surface area contributed by atoms with Crippen LogP contribution in [0.2, 0.25) is 0 Å². The number of carbonyl (C=O) groups is 1. The second kappa shape index (κ2) is 7.60. The summed E-state index contributed by atoms with van der Waals surface area (Å²) in [6.45, 7) is 2.19. The number of rotatable bonds is 7. The van der Waals surface area contributed by atoms with E-state index in [-0.39, 0.29) is 12.5 Å². The summed E-state index contributed by atoms with van der Waals surface area (Å²) < 4.78 is 15.9. The first-order valence-electron chi connectivity index (χ1n) is 5.87. The molecule has 6 heteroatoms. The maximum Gasteiger partial charge on any atom is 0.260 e. The van der Waals surface area contributed by atoms with Gasteiger partial charge in [0.25, 0.3) is 5.91 Å². The minimum absolute atomic E-state index is 0.0188. The fourth-order valence-electron chi connectivity index (χ4n) is 1.78. The van der Waals surface area contributed by atoms with E-state index in [0.717, 1.165) is 16.9 Å². The largest absolute Gasteiger partial charge is 0.496 e. The Hall–Kier alpha value is -1.79. The van der Waals surface area contributed by atoms with Crippen molar-refractivity contribution in [3.05, 3.63) is 23.3 Å². The number of methoxy groups -OCH3 is 2. The molecular formula is C13H20N2O4. The molecule has 6 nitrogen and oxygen atoms in total. The van der Waals surface area contributed by atoms with E-state index < -0.39 is 0 Å². The van der Waals surface area contributed by atoms with Crippen LogP contribution in [0.1, 0.15) is 11.1 Å². The molecule has 0 heterocycles. The van der Waals surface area contributed by atoms with Crippen LogP contribution in [0.3, 0.4) is 0 Å². The summed E-state index contributed by atoms with van der Waals surface area (Å²) in [4.78, 5) is 11.2. The van der Waals surface area contributed by atoms with Gasteiger partial charge in [-0.25, -0.2) is 5.43 Å². The molecule has 0 saturated carbocycles. The zero-order valence-corrected chi connectivity index (χ0v) is 11.7. The molecule has 19 heavy (non-hydrogen) atoms. The van der Waals surface area contributed by atoms with Crippen LogP contribution in [0.25, 0.3) is 0 Å². The van der Waals surface area contributed by atoms with Crippen LogP contribution in [0.5, 0.6) is 11.5 Å². The Labute approximate surface area is 113 Å². The van der Waals surface area contributed by atoms with Gasteiger partial charge in [0.05, 0.1) is 20.8 Å². The Kier molecular flexibility index (Phi) is 6.11. The van der Waals surface area contributed by atoms with Gasteiger partial charge in [0.1, 0.15) is 18.1 Å². The number of carbonyl (C=O) groups excluding carboxylic acids is 1. The summed E-state index contributed by atoms with van der Waals surface area (Å²) in [7, 11) is 4.83. The predicted molar refractivity (Wildman–Crippen MR) is 71.1 cm³/mol. The monoisotopic (exact) mass is 268 g/mol. The van der Waals surface area contributed by atoms with Crippen molar-refractivity contribution in [2.75, 3.05) is 27.9 Å². The van der Waals surface area contributed by atoms with E-state index in [1.165, 1.54) is 0 Å². The average Bonchev–Trinajstić information content (AvgIpc) is 2.39. The van der Waals surface area contributed by atoms with E-state index in [1.807, 2.05) is 19.1 Å². The zero-order chi connectivity index (χ0) is 14.3. The summed E-state index contributed by atoms with van der Waals surface area (Å²) >= 11 is 0. The lowest BCUT2D eigenvalue weighted by Crippen LogP contribution is -2.36. The van der Waals surface area contributed by atoms with Gasteiger partial charge in [-0.3, -0.25) is 10.2 Å². The van der Waals surface area contributed by atoms with Crippen molar-refractivity contribution in [1.29, 1.82) is 0 Å². The third kappa shape index (κ3) is 4.11. The highest BCUT2D eigenvalue weighted by Crippen LogP contribution is 2.31. The first kappa shape index (κ1) is 15.3. The van der Waals surface area contributed by atoms with Crippen LogP contribution in [0, 0.1) is 6.92 Å². The van der Waals surface area contributed by atoms with Gasteiger partial charge < -0.3 is 14.2 Å². The van der Waals surface area contributed by atoms with Gasteiger partial charge in [-0.05, 0) is 19.1 Å². The van der Waals surface area contributed by atoms with Crippen LogP contribution >= 0.6 is 0 Å². The highest BCUT2D eigenvalue weighted by atomic mass is 16.5.